The fraction of sp³-hybridized carbons (Fsp3) is 0.533. The molecule has 0 bridgehead atoms. The minimum Gasteiger partial charge on any atom is -0.507 e. The van der Waals surface area contributed by atoms with E-state index in [0.717, 1.165) is 25.1 Å². The molecule has 3 nitrogen and oxygen atoms in total. The summed E-state index contributed by atoms with van der Waals surface area (Å²) in [6.07, 6.45) is 1.07. The van der Waals surface area contributed by atoms with Crippen molar-refractivity contribution in [1.29, 1.82) is 0 Å². The predicted molar refractivity (Wildman–Crippen MR) is 71.7 cm³/mol. The molecule has 1 atom stereocenters. The van der Waals surface area contributed by atoms with Crippen LogP contribution in [-0.2, 0) is 0 Å². The highest BCUT2D eigenvalue weighted by Gasteiger charge is 2.29. The Hall–Kier alpha value is -1.51. The number of likely N-dealkylation sites (tertiary alicyclic amines) is 1. The van der Waals surface area contributed by atoms with Gasteiger partial charge in [-0.1, -0.05) is 26.0 Å². The first kappa shape index (κ1) is 12.9. The van der Waals surface area contributed by atoms with Gasteiger partial charge in [-0.3, -0.25) is 4.79 Å². The quantitative estimate of drug-likeness (QED) is 0.873. The molecule has 2 rings (SSSR count). The number of nitrogens with zero attached hydrogens (tertiary/aromatic N) is 1. The zero-order chi connectivity index (χ0) is 13.3. The van der Waals surface area contributed by atoms with Crippen LogP contribution < -0.4 is 0 Å². The summed E-state index contributed by atoms with van der Waals surface area (Å²) in [5.41, 5.74) is 1.18. The van der Waals surface area contributed by atoms with E-state index in [2.05, 4.69) is 13.8 Å². The first-order valence-corrected chi connectivity index (χ1v) is 6.58. The van der Waals surface area contributed by atoms with Crippen molar-refractivity contribution < 1.29 is 9.90 Å². The maximum atomic E-state index is 12.4. The number of phenolic OH excluding ortho intramolecular Hbond substituents is 1. The molecule has 0 spiro atoms. The Balaban J connectivity index is 2.16. The van der Waals surface area contributed by atoms with E-state index >= 15 is 0 Å². The first-order valence-electron chi connectivity index (χ1n) is 6.58. The second-order valence-electron chi connectivity index (χ2n) is 5.52. The second kappa shape index (κ2) is 5.01. The van der Waals surface area contributed by atoms with E-state index in [9.17, 15) is 9.90 Å². The minimum absolute atomic E-state index is 0.0423. The van der Waals surface area contributed by atoms with E-state index in [4.69, 9.17) is 0 Å². The number of phenols is 1. The summed E-state index contributed by atoms with van der Waals surface area (Å²) >= 11 is 0. The van der Waals surface area contributed by atoms with Gasteiger partial charge in [0.1, 0.15) is 5.75 Å². The molecule has 1 fully saturated rings. The molecule has 18 heavy (non-hydrogen) atoms. The normalized spacial score (nSPS) is 19.6. The molecule has 98 valence electrons. The van der Waals surface area contributed by atoms with Gasteiger partial charge in [0.25, 0.3) is 5.91 Å². The predicted octanol–water partition coefficient (Wildman–Crippen LogP) is 2.82. The highest BCUT2D eigenvalue weighted by Crippen LogP contribution is 2.28. The zero-order valence-corrected chi connectivity index (χ0v) is 11.3. The second-order valence-corrected chi connectivity index (χ2v) is 5.52. The van der Waals surface area contributed by atoms with Crippen molar-refractivity contribution in [3.05, 3.63) is 29.3 Å². The Kier molecular flexibility index (Phi) is 3.60. The molecular formula is C15H21NO2. The average molecular weight is 247 g/mol. The van der Waals surface area contributed by atoms with Gasteiger partial charge in [-0.15, -0.1) is 0 Å². The van der Waals surface area contributed by atoms with Gasteiger partial charge >= 0.3 is 0 Å². The average Bonchev–Trinajstić information content (AvgIpc) is 2.81. The minimum atomic E-state index is -0.0423. The Labute approximate surface area is 108 Å². The number of aromatic hydroxyl groups is 1. The summed E-state index contributed by atoms with van der Waals surface area (Å²) < 4.78 is 0. The van der Waals surface area contributed by atoms with Crippen LogP contribution in [-0.4, -0.2) is 29.0 Å². The van der Waals surface area contributed by atoms with E-state index in [1.54, 1.807) is 6.07 Å². The lowest BCUT2D eigenvalue weighted by Crippen LogP contribution is -2.29. The number of hydrogen-bond donors (Lipinski definition) is 1. The molecule has 1 unspecified atom stereocenters. The van der Waals surface area contributed by atoms with E-state index < -0.39 is 0 Å². The Morgan fingerprint density at radius 2 is 2.17 bits per heavy atom. The number of carbonyl (C=O) groups is 1. The highest BCUT2D eigenvalue weighted by molar-refractivity contribution is 5.97. The number of carbonyl (C=O) groups excluding carboxylic acids is 1. The third-order valence-electron chi connectivity index (χ3n) is 3.92. The van der Waals surface area contributed by atoms with Crippen molar-refractivity contribution >= 4 is 5.91 Å². The van der Waals surface area contributed by atoms with Gasteiger partial charge in [0, 0.05) is 13.1 Å². The largest absolute Gasteiger partial charge is 0.507 e. The van der Waals surface area contributed by atoms with Gasteiger partial charge in [-0.25, -0.2) is 0 Å². The Morgan fingerprint density at radius 3 is 2.78 bits per heavy atom. The number of aryl methyl sites for hydroxylation is 1. The van der Waals surface area contributed by atoms with Gasteiger partial charge in [-0.2, -0.15) is 0 Å². The number of amides is 1. The lowest BCUT2D eigenvalue weighted by atomic mass is 9.95. The van der Waals surface area contributed by atoms with Crippen molar-refractivity contribution in [3.8, 4) is 5.75 Å². The summed E-state index contributed by atoms with van der Waals surface area (Å²) in [4.78, 5) is 14.2. The van der Waals surface area contributed by atoms with Crippen LogP contribution in [0.2, 0.25) is 0 Å². The maximum absolute atomic E-state index is 12.4. The van der Waals surface area contributed by atoms with Crippen LogP contribution in [0.4, 0.5) is 0 Å². The highest BCUT2D eigenvalue weighted by atomic mass is 16.3. The summed E-state index contributed by atoms with van der Waals surface area (Å²) in [6.45, 7) is 7.82. The zero-order valence-electron chi connectivity index (χ0n) is 11.3. The van der Waals surface area contributed by atoms with Crippen LogP contribution in [0.5, 0.6) is 5.75 Å². The summed E-state index contributed by atoms with van der Waals surface area (Å²) in [7, 11) is 0. The fourth-order valence-electron chi connectivity index (χ4n) is 2.52. The van der Waals surface area contributed by atoms with E-state index in [-0.39, 0.29) is 11.7 Å². The molecule has 0 aromatic heterocycles. The van der Waals surface area contributed by atoms with Gasteiger partial charge < -0.3 is 10.0 Å². The third kappa shape index (κ3) is 2.35. The van der Waals surface area contributed by atoms with E-state index in [1.807, 2.05) is 24.0 Å². The van der Waals surface area contributed by atoms with E-state index in [0.29, 0.717) is 17.4 Å². The molecule has 1 aromatic carbocycles. The third-order valence-corrected chi connectivity index (χ3v) is 3.92. The smallest absolute Gasteiger partial charge is 0.257 e. The molecule has 1 heterocycles. The maximum Gasteiger partial charge on any atom is 0.257 e. The first-order chi connectivity index (χ1) is 8.50. The molecule has 1 N–H and O–H groups in total. The molecule has 0 saturated carbocycles. The lowest BCUT2D eigenvalue weighted by molar-refractivity contribution is 0.0781. The number of rotatable bonds is 2. The monoisotopic (exact) mass is 247 g/mol. The molecule has 1 aromatic rings. The molecule has 1 amide bonds. The molecule has 1 saturated heterocycles. The van der Waals surface area contributed by atoms with Crippen molar-refractivity contribution in [1.82, 2.24) is 4.90 Å². The summed E-state index contributed by atoms with van der Waals surface area (Å²) in [5.74, 6) is 1.27. The van der Waals surface area contributed by atoms with Gasteiger partial charge in [-0.05, 0) is 36.8 Å². The van der Waals surface area contributed by atoms with Crippen LogP contribution >= 0.6 is 0 Å². The van der Waals surface area contributed by atoms with Crippen LogP contribution in [0.3, 0.4) is 0 Å². The number of benzene rings is 1. The van der Waals surface area contributed by atoms with Crippen LogP contribution in [0.1, 0.15) is 36.2 Å². The lowest BCUT2D eigenvalue weighted by Gasteiger charge is -2.19. The Morgan fingerprint density at radius 1 is 1.44 bits per heavy atom. The van der Waals surface area contributed by atoms with Crippen molar-refractivity contribution in [2.75, 3.05) is 13.1 Å². The summed E-state index contributed by atoms with van der Waals surface area (Å²) in [6, 6.07) is 5.33. The molecule has 1 aliphatic rings. The molecule has 1 aliphatic heterocycles. The number of hydrogen-bond acceptors (Lipinski definition) is 2. The van der Waals surface area contributed by atoms with Crippen molar-refractivity contribution in [2.24, 2.45) is 11.8 Å². The molecule has 0 radical (unpaired) electrons. The van der Waals surface area contributed by atoms with E-state index in [1.165, 1.54) is 0 Å². The Bertz CT molecular complexity index is 454. The van der Waals surface area contributed by atoms with Crippen molar-refractivity contribution in [2.45, 2.75) is 27.2 Å². The fourth-order valence-corrected chi connectivity index (χ4v) is 2.52. The SMILES string of the molecule is Cc1cccc(C(=O)N2CCC(C(C)C)C2)c1O. The molecular weight excluding hydrogens is 226 g/mol. The van der Waals surface area contributed by atoms with Gasteiger partial charge in [0.05, 0.1) is 5.56 Å². The van der Waals surface area contributed by atoms with Crippen LogP contribution in [0, 0.1) is 18.8 Å². The van der Waals surface area contributed by atoms with Crippen molar-refractivity contribution in [3.63, 3.8) is 0 Å². The molecule has 0 aliphatic carbocycles. The van der Waals surface area contributed by atoms with Crippen LogP contribution in [0.25, 0.3) is 0 Å². The number of para-hydroxylation sites is 1. The topological polar surface area (TPSA) is 40.5 Å². The standard InChI is InChI=1S/C15H21NO2/c1-10(2)12-7-8-16(9-12)15(18)13-6-4-5-11(3)14(13)17/h4-6,10,12,17H,7-9H2,1-3H3. The molecule has 3 heteroatoms. The van der Waals surface area contributed by atoms with Crippen LogP contribution in [0.15, 0.2) is 18.2 Å². The van der Waals surface area contributed by atoms with Gasteiger partial charge in [0.2, 0.25) is 0 Å². The summed E-state index contributed by atoms with van der Waals surface area (Å²) in [5, 5.41) is 9.96. The van der Waals surface area contributed by atoms with Gasteiger partial charge in [0.15, 0.2) is 0 Å².